The molecule has 19 heavy (non-hydrogen) atoms. The van der Waals surface area contributed by atoms with Gasteiger partial charge in [-0.25, -0.2) is 0 Å². The van der Waals surface area contributed by atoms with Gasteiger partial charge in [0.2, 0.25) is 0 Å². The van der Waals surface area contributed by atoms with Crippen molar-refractivity contribution in [3.05, 3.63) is 30.0 Å². The second kappa shape index (κ2) is 6.68. The number of hydrogen-bond donors (Lipinski definition) is 0. The quantitative estimate of drug-likeness (QED) is 0.581. The van der Waals surface area contributed by atoms with E-state index in [0.29, 0.717) is 22.8 Å². The molecule has 5 heteroatoms. The Morgan fingerprint density at radius 2 is 1.53 bits per heavy atom. The van der Waals surface area contributed by atoms with Gasteiger partial charge in [0, 0.05) is 32.4 Å². The Hall–Kier alpha value is -2.17. The predicted molar refractivity (Wildman–Crippen MR) is 73.3 cm³/mol. The summed E-state index contributed by atoms with van der Waals surface area (Å²) in [5, 5.41) is 0. The minimum atomic E-state index is -0.161. The smallest absolute Gasteiger partial charge is 0.191 e. The van der Waals surface area contributed by atoms with Gasteiger partial charge in [-0.2, -0.15) is 0 Å². The Morgan fingerprint density at radius 3 is 2.00 bits per heavy atom. The van der Waals surface area contributed by atoms with Crippen LogP contribution in [0.2, 0.25) is 0 Å². The van der Waals surface area contributed by atoms with Crippen LogP contribution in [-0.2, 0) is 0 Å². The molecule has 0 aliphatic rings. The number of carbonyl (C=O) groups is 1. The first kappa shape index (κ1) is 14.9. The van der Waals surface area contributed by atoms with E-state index in [4.69, 9.17) is 14.2 Å². The van der Waals surface area contributed by atoms with Crippen LogP contribution in [0, 0.1) is 0 Å². The summed E-state index contributed by atoms with van der Waals surface area (Å²) in [6.07, 6.45) is 3.16. The normalized spacial score (nSPS) is 10.4. The minimum absolute atomic E-state index is 0.161. The molecule has 1 rings (SSSR count). The molecule has 5 nitrogen and oxygen atoms in total. The van der Waals surface area contributed by atoms with Crippen molar-refractivity contribution < 1.29 is 19.0 Å². The Bertz CT molecular complexity index is 481. The van der Waals surface area contributed by atoms with Gasteiger partial charge < -0.3 is 19.1 Å². The van der Waals surface area contributed by atoms with Crippen molar-refractivity contribution in [2.75, 3.05) is 35.4 Å². The highest BCUT2D eigenvalue weighted by atomic mass is 16.5. The number of hydrogen-bond acceptors (Lipinski definition) is 5. The highest BCUT2D eigenvalue weighted by Gasteiger charge is 2.15. The number of nitrogens with zero attached hydrogens (tertiary/aromatic N) is 1. The monoisotopic (exact) mass is 265 g/mol. The lowest BCUT2D eigenvalue weighted by atomic mass is 10.1. The van der Waals surface area contributed by atoms with Crippen molar-refractivity contribution in [2.45, 2.75) is 0 Å². The van der Waals surface area contributed by atoms with Gasteiger partial charge >= 0.3 is 0 Å². The molecule has 0 radical (unpaired) electrons. The third kappa shape index (κ3) is 3.64. The van der Waals surface area contributed by atoms with E-state index in [0.717, 1.165) is 0 Å². The van der Waals surface area contributed by atoms with E-state index in [1.165, 1.54) is 27.4 Å². The lowest BCUT2D eigenvalue weighted by Crippen LogP contribution is -2.05. The zero-order valence-electron chi connectivity index (χ0n) is 11.9. The number of allylic oxidation sites excluding steroid dienone is 1. The third-order valence-corrected chi connectivity index (χ3v) is 2.50. The van der Waals surface area contributed by atoms with E-state index in [1.807, 2.05) is 14.1 Å². The number of rotatable bonds is 6. The fourth-order valence-corrected chi connectivity index (χ4v) is 1.53. The van der Waals surface area contributed by atoms with Crippen LogP contribution in [0.3, 0.4) is 0 Å². The summed E-state index contributed by atoms with van der Waals surface area (Å²) in [5.74, 6) is 1.30. The number of ether oxygens (including phenoxy) is 3. The second-order valence-corrected chi connectivity index (χ2v) is 4.05. The molecule has 0 amide bonds. The van der Waals surface area contributed by atoms with Crippen LogP contribution in [0.4, 0.5) is 0 Å². The van der Waals surface area contributed by atoms with Gasteiger partial charge in [0.05, 0.1) is 26.9 Å². The maximum atomic E-state index is 12.1. The maximum absolute atomic E-state index is 12.1. The Balaban J connectivity index is 3.22. The SMILES string of the molecule is COc1cc(OC)c(C(=O)/C=C/N(C)C)cc1OC. The van der Waals surface area contributed by atoms with Crippen molar-refractivity contribution in [1.82, 2.24) is 4.90 Å². The molecule has 0 bridgehead atoms. The van der Waals surface area contributed by atoms with Gasteiger partial charge in [0.25, 0.3) is 0 Å². The van der Waals surface area contributed by atoms with Crippen LogP contribution in [0.1, 0.15) is 10.4 Å². The molecule has 1 aromatic rings. The molecule has 0 atom stereocenters. The third-order valence-electron chi connectivity index (χ3n) is 2.50. The first-order chi connectivity index (χ1) is 9.03. The zero-order valence-corrected chi connectivity index (χ0v) is 11.9. The molecule has 0 saturated carbocycles. The van der Waals surface area contributed by atoms with E-state index in [1.54, 1.807) is 23.2 Å². The van der Waals surface area contributed by atoms with Crippen molar-refractivity contribution in [2.24, 2.45) is 0 Å². The molecule has 0 N–H and O–H groups in total. The van der Waals surface area contributed by atoms with Gasteiger partial charge in [-0.3, -0.25) is 4.79 Å². The Kier molecular flexibility index (Phi) is 5.23. The summed E-state index contributed by atoms with van der Waals surface area (Å²) in [7, 11) is 8.25. The summed E-state index contributed by atoms with van der Waals surface area (Å²) < 4.78 is 15.6. The Labute approximate surface area is 113 Å². The van der Waals surface area contributed by atoms with E-state index in [-0.39, 0.29) is 5.78 Å². The van der Waals surface area contributed by atoms with Gasteiger partial charge in [-0.15, -0.1) is 0 Å². The average Bonchev–Trinajstić information content (AvgIpc) is 2.42. The van der Waals surface area contributed by atoms with Crippen LogP contribution in [0.25, 0.3) is 0 Å². The molecule has 104 valence electrons. The van der Waals surface area contributed by atoms with Gasteiger partial charge in [-0.05, 0) is 6.07 Å². The molecular weight excluding hydrogens is 246 g/mol. The zero-order chi connectivity index (χ0) is 14.4. The molecular formula is C14H19NO4. The molecule has 1 aromatic carbocycles. The number of benzene rings is 1. The van der Waals surface area contributed by atoms with Gasteiger partial charge in [0.15, 0.2) is 17.3 Å². The standard InChI is InChI=1S/C14H19NO4/c1-15(2)7-6-11(16)10-8-13(18-4)14(19-5)9-12(10)17-3/h6-9H,1-5H3/b7-6+. The number of ketones is 1. The lowest BCUT2D eigenvalue weighted by molar-refractivity contribution is 0.104. The van der Waals surface area contributed by atoms with Gasteiger partial charge in [-0.1, -0.05) is 0 Å². The van der Waals surface area contributed by atoms with E-state index < -0.39 is 0 Å². The summed E-state index contributed by atoms with van der Waals surface area (Å²) in [4.78, 5) is 13.9. The number of carbonyl (C=O) groups excluding carboxylic acids is 1. The molecule has 0 aromatic heterocycles. The second-order valence-electron chi connectivity index (χ2n) is 4.05. The molecule has 0 heterocycles. The summed E-state index contributed by atoms with van der Waals surface area (Å²) in [5.41, 5.74) is 0.429. The first-order valence-electron chi connectivity index (χ1n) is 5.72. The summed E-state index contributed by atoms with van der Waals surface area (Å²) >= 11 is 0. The maximum Gasteiger partial charge on any atom is 0.191 e. The van der Waals surface area contributed by atoms with Crippen molar-refractivity contribution in [3.8, 4) is 17.2 Å². The molecule has 0 saturated heterocycles. The van der Waals surface area contributed by atoms with Crippen LogP contribution < -0.4 is 14.2 Å². The molecule has 0 aliphatic heterocycles. The van der Waals surface area contributed by atoms with Gasteiger partial charge in [0.1, 0.15) is 5.75 Å². The minimum Gasteiger partial charge on any atom is -0.496 e. The van der Waals surface area contributed by atoms with Crippen LogP contribution >= 0.6 is 0 Å². The molecule has 0 fully saturated rings. The highest BCUT2D eigenvalue weighted by molar-refractivity contribution is 6.07. The van der Waals surface area contributed by atoms with Crippen LogP contribution in [0.15, 0.2) is 24.4 Å². The van der Waals surface area contributed by atoms with Crippen LogP contribution in [0.5, 0.6) is 17.2 Å². The molecule has 0 aliphatic carbocycles. The summed E-state index contributed by atoms with van der Waals surface area (Å²) in [6.45, 7) is 0. The number of methoxy groups -OCH3 is 3. The fourth-order valence-electron chi connectivity index (χ4n) is 1.53. The fraction of sp³-hybridized carbons (Fsp3) is 0.357. The summed E-state index contributed by atoms with van der Waals surface area (Å²) in [6, 6.07) is 3.25. The molecule has 0 unspecified atom stereocenters. The lowest BCUT2D eigenvalue weighted by Gasteiger charge is -2.12. The Morgan fingerprint density at radius 1 is 1.00 bits per heavy atom. The average molecular weight is 265 g/mol. The predicted octanol–water partition coefficient (Wildman–Crippen LogP) is 1.97. The van der Waals surface area contributed by atoms with E-state index >= 15 is 0 Å². The largest absolute Gasteiger partial charge is 0.496 e. The highest BCUT2D eigenvalue weighted by Crippen LogP contribution is 2.34. The van der Waals surface area contributed by atoms with Crippen molar-refractivity contribution in [1.29, 1.82) is 0 Å². The topological polar surface area (TPSA) is 48.0 Å². The van der Waals surface area contributed by atoms with Crippen molar-refractivity contribution >= 4 is 5.78 Å². The van der Waals surface area contributed by atoms with E-state index in [2.05, 4.69) is 0 Å². The van der Waals surface area contributed by atoms with Crippen LogP contribution in [-0.4, -0.2) is 46.1 Å². The van der Waals surface area contributed by atoms with E-state index in [9.17, 15) is 4.79 Å². The van der Waals surface area contributed by atoms with Crippen molar-refractivity contribution in [3.63, 3.8) is 0 Å². The first-order valence-corrected chi connectivity index (χ1v) is 5.72. The molecule has 0 spiro atoms.